The Hall–Kier alpha value is -1.50. The van der Waals surface area contributed by atoms with E-state index in [1.807, 2.05) is 0 Å². The standard InChI is InChI=1S/C14H14N.ClHO4/c1-11-13-7-3-2-6-12(13)10-15-9-5-4-8-14(11)15;2-1(3,4)5/h2-9,11H,10H2,1H3;(H,2,3,4,5)/q+1;/p-1. The number of benzene rings is 1. The number of halogens is 1. The van der Waals surface area contributed by atoms with Crippen molar-refractivity contribution in [1.29, 1.82) is 0 Å². The van der Waals surface area contributed by atoms with Crippen molar-refractivity contribution < 1.29 is 33.4 Å². The molecular formula is C14H14ClNO4. The Balaban J connectivity index is 0.000000257. The van der Waals surface area contributed by atoms with Crippen LogP contribution in [0.15, 0.2) is 48.7 Å². The van der Waals surface area contributed by atoms with E-state index in [4.69, 9.17) is 18.6 Å². The van der Waals surface area contributed by atoms with Crippen LogP contribution in [0, 0.1) is 10.2 Å². The van der Waals surface area contributed by atoms with Crippen LogP contribution in [0.25, 0.3) is 0 Å². The first-order chi connectivity index (χ1) is 9.36. The van der Waals surface area contributed by atoms with E-state index in [0.29, 0.717) is 5.92 Å². The third kappa shape index (κ3) is 3.75. The lowest BCUT2D eigenvalue weighted by Crippen LogP contribution is -2.68. The van der Waals surface area contributed by atoms with Crippen LogP contribution in [0.4, 0.5) is 0 Å². The highest BCUT2D eigenvalue weighted by molar-refractivity contribution is 5.35. The molecule has 0 saturated carbocycles. The van der Waals surface area contributed by atoms with E-state index in [2.05, 4.69) is 60.2 Å². The van der Waals surface area contributed by atoms with Gasteiger partial charge in [-0.15, -0.1) is 10.2 Å². The van der Waals surface area contributed by atoms with E-state index in [-0.39, 0.29) is 0 Å². The molecule has 0 aliphatic carbocycles. The summed E-state index contributed by atoms with van der Waals surface area (Å²) >= 11 is 0. The first-order valence-corrected chi connectivity index (χ1v) is 7.27. The SMILES string of the molecule is CC1c2ccccc2C[n+]2ccccc21.[O-][Cl+3]([O-])([O-])[O-]. The Kier molecular flexibility index (Phi) is 4.37. The van der Waals surface area contributed by atoms with Crippen molar-refractivity contribution in [2.45, 2.75) is 19.4 Å². The second-order valence-corrected chi connectivity index (χ2v) is 5.31. The molecule has 20 heavy (non-hydrogen) atoms. The molecule has 1 aromatic carbocycles. The molecule has 3 rings (SSSR count). The van der Waals surface area contributed by atoms with Gasteiger partial charge in [0.2, 0.25) is 0 Å². The maximum absolute atomic E-state index is 8.49. The molecule has 0 fully saturated rings. The summed E-state index contributed by atoms with van der Waals surface area (Å²) in [6.45, 7) is 3.29. The van der Waals surface area contributed by atoms with E-state index < -0.39 is 10.2 Å². The highest BCUT2D eigenvalue weighted by Gasteiger charge is 2.26. The Labute approximate surface area is 119 Å². The summed E-state index contributed by atoms with van der Waals surface area (Å²) in [5.41, 5.74) is 4.34. The minimum Gasteiger partial charge on any atom is -0.222 e. The largest absolute Gasteiger partial charge is 0.222 e. The molecule has 5 nitrogen and oxygen atoms in total. The molecule has 2 heterocycles. The van der Waals surface area contributed by atoms with Gasteiger partial charge in [0.05, 0.1) is 5.92 Å². The molecule has 0 bridgehead atoms. The third-order valence-corrected chi connectivity index (χ3v) is 3.28. The average molecular weight is 296 g/mol. The third-order valence-electron chi connectivity index (χ3n) is 3.28. The van der Waals surface area contributed by atoms with Crippen molar-refractivity contribution in [1.82, 2.24) is 0 Å². The zero-order chi connectivity index (χ0) is 14.8. The topological polar surface area (TPSA) is 96.1 Å². The number of nitrogens with zero attached hydrogens (tertiary/aromatic N) is 1. The van der Waals surface area contributed by atoms with Crippen LogP contribution in [0.5, 0.6) is 0 Å². The molecule has 106 valence electrons. The molecule has 0 amide bonds. The predicted molar refractivity (Wildman–Crippen MR) is 59.7 cm³/mol. The fraction of sp³-hybridized carbons (Fsp3) is 0.214. The van der Waals surface area contributed by atoms with Crippen molar-refractivity contribution in [3.8, 4) is 0 Å². The van der Waals surface area contributed by atoms with E-state index in [1.54, 1.807) is 0 Å². The second-order valence-electron chi connectivity index (χ2n) is 4.55. The predicted octanol–water partition coefficient (Wildman–Crippen LogP) is -2.27. The van der Waals surface area contributed by atoms with Crippen molar-refractivity contribution in [2.24, 2.45) is 0 Å². The molecule has 0 spiro atoms. The first kappa shape index (κ1) is 14.9. The molecule has 1 atom stereocenters. The lowest BCUT2D eigenvalue weighted by Gasteiger charge is -2.19. The molecule has 6 heteroatoms. The Bertz CT molecular complexity index is 546. The average Bonchev–Trinajstić information content (AvgIpc) is 2.37. The van der Waals surface area contributed by atoms with E-state index in [1.165, 1.54) is 16.8 Å². The van der Waals surface area contributed by atoms with Gasteiger partial charge < -0.3 is 0 Å². The van der Waals surface area contributed by atoms with Crippen molar-refractivity contribution in [2.75, 3.05) is 0 Å². The highest BCUT2D eigenvalue weighted by Crippen LogP contribution is 2.27. The number of aromatic nitrogens is 1. The number of hydrogen-bond acceptors (Lipinski definition) is 4. The van der Waals surface area contributed by atoms with Crippen molar-refractivity contribution in [3.63, 3.8) is 0 Å². The van der Waals surface area contributed by atoms with Crippen molar-refractivity contribution >= 4 is 0 Å². The van der Waals surface area contributed by atoms with Crippen LogP contribution >= 0.6 is 0 Å². The van der Waals surface area contributed by atoms with Crippen LogP contribution in [0.2, 0.25) is 0 Å². The van der Waals surface area contributed by atoms with Crippen LogP contribution in [-0.4, -0.2) is 0 Å². The lowest BCUT2D eigenvalue weighted by atomic mass is 9.89. The molecular weight excluding hydrogens is 282 g/mol. The highest BCUT2D eigenvalue weighted by atomic mass is 35.7. The normalized spacial score (nSPS) is 16.6. The number of fused-ring (bicyclic) bond motifs is 2. The van der Waals surface area contributed by atoms with Gasteiger partial charge in [0.25, 0.3) is 0 Å². The Morgan fingerprint density at radius 2 is 1.60 bits per heavy atom. The summed E-state index contributed by atoms with van der Waals surface area (Å²) in [4.78, 5) is 0. The van der Waals surface area contributed by atoms with Gasteiger partial charge in [0.15, 0.2) is 18.4 Å². The maximum Gasteiger partial charge on any atom is 0.188 e. The summed E-state index contributed by atoms with van der Waals surface area (Å²) in [6, 6.07) is 15.2. The number of hydrogen-bond donors (Lipinski definition) is 0. The van der Waals surface area contributed by atoms with E-state index in [0.717, 1.165) is 6.54 Å². The maximum atomic E-state index is 8.49. The van der Waals surface area contributed by atoms with Crippen molar-refractivity contribution in [3.05, 3.63) is 65.5 Å². The van der Waals surface area contributed by atoms with Crippen LogP contribution in [0.1, 0.15) is 29.7 Å². The molecule has 0 radical (unpaired) electrons. The molecule has 1 aromatic heterocycles. The van der Waals surface area contributed by atoms with Crippen LogP contribution in [-0.2, 0) is 6.54 Å². The molecule has 1 aliphatic rings. The van der Waals surface area contributed by atoms with Gasteiger partial charge in [-0.1, -0.05) is 30.3 Å². The fourth-order valence-electron chi connectivity index (χ4n) is 2.47. The molecule has 1 aliphatic heterocycles. The summed E-state index contributed by atoms with van der Waals surface area (Å²) in [6.07, 6.45) is 2.17. The second kappa shape index (κ2) is 5.87. The van der Waals surface area contributed by atoms with Gasteiger partial charge in [-0.3, -0.25) is 0 Å². The van der Waals surface area contributed by atoms with Gasteiger partial charge in [0, 0.05) is 17.7 Å². The van der Waals surface area contributed by atoms with Gasteiger partial charge in [0.1, 0.15) is 0 Å². The summed E-state index contributed by atoms with van der Waals surface area (Å²) in [5, 5.41) is 0. The quantitative estimate of drug-likeness (QED) is 0.512. The van der Waals surface area contributed by atoms with Crippen LogP contribution in [0.3, 0.4) is 0 Å². The minimum atomic E-state index is -4.94. The Morgan fingerprint density at radius 1 is 1.00 bits per heavy atom. The smallest absolute Gasteiger partial charge is 0.188 e. The van der Waals surface area contributed by atoms with Gasteiger partial charge in [-0.05, 0) is 12.5 Å². The number of pyridine rings is 1. The minimum absolute atomic E-state index is 0.510. The molecule has 1 unspecified atom stereocenters. The van der Waals surface area contributed by atoms with Gasteiger partial charge in [-0.2, -0.15) is 4.57 Å². The zero-order valence-corrected chi connectivity index (χ0v) is 11.6. The summed E-state index contributed by atoms with van der Waals surface area (Å²) in [7, 11) is -4.94. The van der Waals surface area contributed by atoms with E-state index in [9.17, 15) is 0 Å². The first-order valence-electron chi connectivity index (χ1n) is 6.04. The summed E-state index contributed by atoms with van der Waals surface area (Å²) in [5.74, 6) is 0.510. The zero-order valence-electron chi connectivity index (χ0n) is 10.9. The lowest BCUT2D eigenvalue weighted by molar-refractivity contribution is -2.00. The fourth-order valence-corrected chi connectivity index (χ4v) is 2.47. The van der Waals surface area contributed by atoms with E-state index >= 15 is 0 Å². The Morgan fingerprint density at radius 3 is 2.30 bits per heavy atom. The van der Waals surface area contributed by atoms with Gasteiger partial charge in [-0.25, -0.2) is 18.6 Å². The number of rotatable bonds is 0. The molecule has 2 aromatic rings. The van der Waals surface area contributed by atoms with Gasteiger partial charge >= 0.3 is 0 Å². The monoisotopic (exact) mass is 295 g/mol. The molecule has 0 saturated heterocycles. The summed E-state index contributed by atoms with van der Waals surface area (Å²) < 4.78 is 36.3. The molecule has 0 N–H and O–H groups in total. The van der Waals surface area contributed by atoms with Crippen LogP contribution < -0.4 is 23.2 Å².